The van der Waals surface area contributed by atoms with E-state index in [9.17, 15) is 5.26 Å². The number of fused-ring (bicyclic) bond motifs is 1. The molecule has 31 heavy (non-hydrogen) atoms. The number of hydrogen-bond acceptors (Lipinski definition) is 4. The summed E-state index contributed by atoms with van der Waals surface area (Å²) in [5, 5.41) is 6.70. The van der Waals surface area contributed by atoms with Gasteiger partial charge in [-0.05, 0) is 12.0 Å². The fourth-order valence-electron chi connectivity index (χ4n) is 4.46. The van der Waals surface area contributed by atoms with Crippen LogP contribution in [0.1, 0.15) is 12.5 Å². The number of nitrogens with zero attached hydrogens (tertiary/aromatic N) is 5. The Bertz CT molecular complexity index is 1150. The van der Waals surface area contributed by atoms with E-state index in [1.54, 1.807) is 18.6 Å². The fraction of sp³-hybridized carbons (Fsp3) is 0.412. The van der Waals surface area contributed by atoms with Gasteiger partial charge in [0, 0.05) is 23.3 Å². The smallest absolute Gasteiger partial charge is 0.141 e. The van der Waals surface area contributed by atoms with E-state index < -0.39 is 32.8 Å². The normalized spacial score (nSPS) is 22.2. The molecule has 0 aliphatic heterocycles. The third kappa shape index (κ3) is 2.84. The SMILES string of the molecule is [B]C1([B])C([C@@H](CC#N)n2cc(-c3ncnc4[nH]ccc34)cn2)C([B])([B])C([B])([B])C1([B])[B]. The molecule has 1 aliphatic rings. The number of nitriles is 1. The lowest BCUT2D eigenvalue weighted by molar-refractivity contribution is 0.284. The summed E-state index contributed by atoms with van der Waals surface area (Å²) in [7, 11) is 49.9. The van der Waals surface area contributed by atoms with Gasteiger partial charge < -0.3 is 4.98 Å². The molecule has 6 nitrogen and oxygen atoms in total. The van der Waals surface area contributed by atoms with Crippen molar-refractivity contribution in [3.05, 3.63) is 31.0 Å². The topological polar surface area (TPSA) is 83.2 Å². The predicted octanol–water partition coefficient (Wildman–Crippen LogP) is -0.281. The molecule has 1 aliphatic carbocycles. The van der Waals surface area contributed by atoms with Crippen molar-refractivity contribution in [2.75, 3.05) is 0 Å². The second kappa shape index (κ2) is 6.92. The summed E-state index contributed by atoms with van der Waals surface area (Å²) in [5.74, 6) is -1.12. The Kier molecular flexibility index (Phi) is 4.92. The first-order valence-corrected chi connectivity index (χ1v) is 9.38. The zero-order valence-electron chi connectivity index (χ0n) is 16.6. The van der Waals surface area contributed by atoms with Gasteiger partial charge in [-0.25, -0.2) is 9.97 Å². The minimum absolute atomic E-state index is 0.117. The molecule has 3 heterocycles. The monoisotopic (exact) mass is 386 g/mol. The van der Waals surface area contributed by atoms with Gasteiger partial charge in [-0.1, -0.05) is 0 Å². The molecule has 4 rings (SSSR count). The molecule has 1 atom stereocenters. The van der Waals surface area contributed by atoms with Gasteiger partial charge in [-0.3, -0.25) is 4.68 Å². The summed E-state index contributed by atoms with van der Waals surface area (Å²) in [5.41, 5.74) is 1.96. The van der Waals surface area contributed by atoms with Crippen LogP contribution in [0.25, 0.3) is 22.3 Å². The van der Waals surface area contributed by atoms with Crippen LogP contribution in [0.2, 0.25) is 20.9 Å². The number of nitrogens with one attached hydrogen (secondary N) is 1. The Morgan fingerprint density at radius 3 is 2.32 bits per heavy atom. The Balaban J connectivity index is 1.83. The molecule has 132 valence electrons. The van der Waals surface area contributed by atoms with Gasteiger partial charge in [0.15, 0.2) is 0 Å². The molecule has 16 radical (unpaired) electrons. The highest BCUT2D eigenvalue weighted by Crippen LogP contribution is 2.80. The minimum Gasteiger partial charge on any atom is -0.346 e. The van der Waals surface area contributed by atoms with Crippen LogP contribution >= 0.6 is 0 Å². The first-order valence-electron chi connectivity index (χ1n) is 9.38. The Labute approximate surface area is 191 Å². The first-order chi connectivity index (χ1) is 14.4. The zero-order chi connectivity index (χ0) is 22.8. The van der Waals surface area contributed by atoms with E-state index in [2.05, 4.69) is 26.1 Å². The van der Waals surface area contributed by atoms with E-state index in [1.807, 2.05) is 6.07 Å². The molecule has 3 aromatic heterocycles. The van der Waals surface area contributed by atoms with E-state index in [-0.39, 0.29) is 6.42 Å². The van der Waals surface area contributed by atoms with Gasteiger partial charge >= 0.3 is 0 Å². The van der Waals surface area contributed by atoms with Crippen LogP contribution < -0.4 is 0 Å². The second-order valence-electron chi connectivity index (χ2n) is 8.18. The highest BCUT2D eigenvalue weighted by atomic mass is 15.3. The molecule has 0 amide bonds. The number of hydrogen-bond donors (Lipinski definition) is 1. The average molecular weight is 385 g/mol. The van der Waals surface area contributed by atoms with Crippen molar-refractivity contribution >= 4 is 73.8 Å². The van der Waals surface area contributed by atoms with E-state index in [0.717, 1.165) is 5.39 Å². The van der Waals surface area contributed by atoms with Crippen molar-refractivity contribution in [1.82, 2.24) is 24.7 Å². The highest BCUT2D eigenvalue weighted by Gasteiger charge is 2.65. The van der Waals surface area contributed by atoms with Crippen LogP contribution in [-0.2, 0) is 0 Å². The maximum absolute atomic E-state index is 9.49. The fourth-order valence-corrected chi connectivity index (χ4v) is 4.46. The highest BCUT2D eigenvalue weighted by molar-refractivity contribution is 6.68. The molecule has 0 spiro atoms. The molecule has 0 unspecified atom stereocenters. The van der Waals surface area contributed by atoms with Gasteiger partial charge in [-0.15, -0.1) is 20.9 Å². The molecule has 1 saturated carbocycles. The summed E-state index contributed by atoms with van der Waals surface area (Å²) in [6.07, 6.45) is 6.31. The van der Waals surface area contributed by atoms with E-state index in [4.69, 9.17) is 62.8 Å². The van der Waals surface area contributed by atoms with Gasteiger partial charge in [0.2, 0.25) is 0 Å². The van der Waals surface area contributed by atoms with Gasteiger partial charge in [0.1, 0.15) is 12.0 Å². The van der Waals surface area contributed by atoms with Crippen molar-refractivity contribution in [2.24, 2.45) is 5.92 Å². The predicted molar refractivity (Wildman–Crippen MR) is 125 cm³/mol. The Hall–Kier alpha value is -2.16. The van der Waals surface area contributed by atoms with Crippen molar-refractivity contribution in [1.29, 1.82) is 5.26 Å². The summed E-state index contributed by atoms with van der Waals surface area (Å²) in [6, 6.07) is 3.07. The van der Waals surface area contributed by atoms with E-state index in [0.29, 0.717) is 16.9 Å². The number of rotatable bonds is 4. The van der Waals surface area contributed by atoms with Crippen molar-refractivity contribution in [2.45, 2.75) is 33.3 Å². The van der Waals surface area contributed by atoms with Gasteiger partial charge in [0.05, 0.1) is 93.2 Å². The van der Waals surface area contributed by atoms with Crippen LogP contribution in [-0.4, -0.2) is 87.5 Å². The van der Waals surface area contributed by atoms with E-state index >= 15 is 0 Å². The standard InChI is InChI=1S/C17H10B8N6/c18-14(19)12(15(20,21)17(24,25)16(14,22)23)10(1-3-26)31-6-8(5-30-31)11-9-2-4-27-13(9)29-7-28-11/h2,4-7,10,12H,1H2,(H,27,28,29)/t10-/m1/s1. The maximum atomic E-state index is 9.49. The zero-order valence-corrected chi connectivity index (χ0v) is 16.6. The van der Waals surface area contributed by atoms with Gasteiger partial charge in [-0.2, -0.15) is 10.4 Å². The third-order valence-corrected chi connectivity index (χ3v) is 6.40. The lowest BCUT2D eigenvalue weighted by Crippen LogP contribution is -2.39. The van der Waals surface area contributed by atoms with Crippen LogP contribution in [0.5, 0.6) is 0 Å². The summed E-state index contributed by atoms with van der Waals surface area (Å²) in [6.45, 7) is 0. The maximum Gasteiger partial charge on any atom is 0.141 e. The Morgan fingerprint density at radius 2 is 1.71 bits per heavy atom. The molecule has 14 heteroatoms. The van der Waals surface area contributed by atoms with Crippen molar-refractivity contribution in [3.8, 4) is 17.3 Å². The molecule has 3 aromatic rings. The molecule has 0 bridgehead atoms. The lowest BCUT2D eigenvalue weighted by atomic mass is 9.17. The van der Waals surface area contributed by atoms with E-state index in [1.165, 1.54) is 11.0 Å². The molecule has 1 N–H and O–H groups in total. The van der Waals surface area contributed by atoms with Crippen molar-refractivity contribution in [3.63, 3.8) is 0 Å². The van der Waals surface area contributed by atoms with Crippen LogP contribution in [0, 0.1) is 17.2 Å². The quantitative estimate of drug-likeness (QED) is 0.627. The number of H-pyrrole nitrogens is 1. The molecule has 1 fully saturated rings. The minimum atomic E-state index is -2.05. The summed E-state index contributed by atoms with van der Waals surface area (Å²) in [4.78, 5) is 11.5. The van der Waals surface area contributed by atoms with Crippen LogP contribution in [0.3, 0.4) is 0 Å². The summed E-state index contributed by atoms with van der Waals surface area (Å²) >= 11 is 0. The van der Waals surface area contributed by atoms with Crippen molar-refractivity contribution < 1.29 is 0 Å². The van der Waals surface area contributed by atoms with Crippen LogP contribution in [0.4, 0.5) is 0 Å². The lowest BCUT2D eigenvalue weighted by Gasteiger charge is -2.51. The molecule has 0 saturated heterocycles. The molecular formula is C17H10B8N6. The number of aromatic nitrogens is 5. The molecular weight excluding hydrogens is 375 g/mol. The van der Waals surface area contributed by atoms with Gasteiger partial charge in [0.25, 0.3) is 0 Å². The average Bonchev–Trinajstić information content (AvgIpc) is 3.37. The largest absolute Gasteiger partial charge is 0.346 e. The van der Waals surface area contributed by atoms with Crippen LogP contribution in [0.15, 0.2) is 31.0 Å². The second-order valence-corrected chi connectivity index (χ2v) is 8.18. The first kappa shape index (κ1) is 22.0. The number of aromatic amines is 1. The Morgan fingerprint density at radius 1 is 1.06 bits per heavy atom. The third-order valence-electron chi connectivity index (χ3n) is 6.40. The summed E-state index contributed by atoms with van der Waals surface area (Å²) < 4.78 is 1.48. The molecule has 0 aromatic carbocycles.